The minimum absolute atomic E-state index is 0.128. The summed E-state index contributed by atoms with van der Waals surface area (Å²) in [7, 11) is 0. The van der Waals surface area contributed by atoms with E-state index in [0.29, 0.717) is 15.9 Å². The monoisotopic (exact) mass is 328 g/mol. The second-order valence-corrected chi connectivity index (χ2v) is 5.02. The van der Waals surface area contributed by atoms with Gasteiger partial charge in [-0.3, -0.25) is 15.1 Å². The zero-order valence-electron chi connectivity index (χ0n) is 11.6. The molecule has 1 heterocycles. The number of rotatable bonds is 3. The number of hydrogen-bond donors (Lipinski definition) is 0. The van der Waals surface area contributed by atoms with Crippen molar-refractivity contribution in [3.63, 3.8) is 0 Å². The summed E-state index contributed by atoms with van der Waals surface area (Å²) < 4.78 is 5.30. The fourth-order valence-corrected chi connectivity index (χ4v) is 2.37. The summed E-state index contributed by atoms with van der Waals surface area (Å²) in [5.74, 6) is -0.639. The van der Waals surface area contributed by atoms with Crippen LogP contribution in [0.15, 0.2) is 54.7 Å². The van der Waals surface area contributed by atoms with E-state index >= 15 is 0 Å². The molecule has 0 radical (unpaired) electrons. The van der Waals surface area contributed by atoms with E-state index in [9.17, 15) is 14.9 Å². The van der Waals surface area contributed by atoms with Gasteiger partial charge < -0.3 is 4.74 Å². The first kappa shape index (κ1) is 14.9. The Balaban J connectivity index is 2.02. The molecule has 1 aromatic heterocycles. The van der Waals surface area contributed by atoms with Crippen molar-refractivity contribution in [3.05, 3.63) is 75.4 Å². The van der Waals surface area contributed by atoms with Crippen molar-refractivity contribution in [1.29, 1.82) is 0 Å². The number of carbonyl (C=O) groups excluding carboxylic acids is 1. The van der Waals surface area contributed by atoms with Gasteiger partial charge in [-0.2, -0.15) is 0 Å². The second kappa shape index (κ2) is 6.02. The van der Waals surface area contributed by atoms with Crippen LogP contribution in [0.2, 0.25) is 5.02 Å². The molecule has 0 spiro atoms. The Hall–Kier alpha value is -2.99. The van der Waals surface area contributed by atoms with Crippen LogP contribution < -0.4 is 4.74 Å². The lowest BCUT2D eigenvalue weighted by atomic mass is 10.2. The molecule has 0 atom stereocenters. The summed E-state index contributed by atoms with van der Waals surface area (Å²) in [5, 5.41) is 12.1. The molecule has 3 rings (SSSR count). The Kier molecular flexibility index (Phi) is 3.91. The number of fused-ring (bicyclic) bond motifs is 1. The largest absolute Gasteiger partial charge is 0.420 e. The van der Waals surface area contributed by atoms with E-state index in [2.05, 4.69) is 4.98 Å². The highest BCUT2D eigenvalue weighted by molar-refractivity contribution is 6.35. The molecule has 7 heteroatoms. The highest BCUT2D eigenvalue weighted by Crippen LogP contribution is 2.30. The molecule has 0 saturated heterocycles. The molecule has 0 N–H and O–H groups in total. The number of hydrogen-bond acceptors (Lipinski definition) is 5. The third-order valence-corrected chi connectivity index (χ3v) is 3.53. The lowest BCUT2D eigenvalue weighted by molar-refractivity contribution is -0.385. The molecule has 0 saturated carbocycles. The van der Waals surface area contributed by atoms with E-state index in [1.54, 1.807) is 24.4 Å². The van der Waals surface area contributed by atoms with Gasteiger partial charge in [-0.25, -0.2) is 4.79 Å². The van der Waals surface area contributed by atoms with Gasteiger partial charge >= 0.3 is 5.97 Å². The van der Waals surface area contributed by atoms with Crippen LogP contribution in [0.4, 0.5) is 5.69 Å². The standard InChI is InChI=1S/C16H9ClN2O4/c17-12-7-8-14(15-10(12)5-3-9-18-15)23-16(20)11-4-1-2-6-13(11)19(21)22/h1-9H. The van der Waals surface area contributed by atoms with Crippen LogP contribution in [0.25, 0.3) is 10.9 Å². The minimum atomic E-state index is -0.827. The average Bonchev–Trinajstić information content (AvgIpc) is 2.57. The van der Waals surface area contributed by atoms with Gasteiger partial charge in [0, 0.05) is 17.6 Å². The number of ether oxygens (including phenoxy) is 1. The van der Waals surface area contributed by atoms with Gasteiger partial charge in [-0.05, 0) is 30.3 Å². The number of nitro benzene ring substituents is 1. The molecule has 3 aromatic rings. The molecule has 114 valence electrons. The van der Waals surface area contributed by atoms with Crippen LogP contribution in [0, 0.1) is 10.1 Å². The van der Waals surface area contributed by atoms with Crippen molar-refractivity contribution >= 4 is 34.2 Å². The first-order chi connectivity index (χ1) is 11.1. The maximum Gasteiger partial charge on any atom is 0.350 e. The zero-order chi connectivity index (χ0) is 16.4. The second-order valence-electron chi connectivity index (χ2n) is 4.61. The molecule has 0 aliphatic rings. The number of nitro groups is 1. The number of benzene rings is 2. The van der Waals surface area contributed by atoms with Gasteiger partial charge in [0.15, 0.2) is 5.75 Å². The van der Waals surface area contributed by atoms with E-state index in [1.807, 2.05) is 0 Å². The van der Waals surface area contributed by atoms with Crippen molar-refractivity contribution in [2.24, 2.45) is 0 Å². The predicted molar refractivity (Wildman–Crippen MR) is 84.8 cm³/mol. The van der Waals surface area contributed by atoms with Gasteiger partial charge in [0.25, 0.3) is 5.69 Å². The highest BCUT2D eigenvalue weighted by atomic mass is 35.5. The van der Waals surface area contributed by atoms with Crippen LogP contribution >= 0.6 is 11.6 Å². The predicted octanol–water partition coefficient (Wildman–Crippen LogP) is 4.02. The number of nitrogens with zero attached hydrogens (tertiary/aromatic N) is 2. The molecule has 23 heavy (non-hydrogen) atoms. The lowest BCUT2D eigenvalue weighted by Gasteiger charge is -2.08. The Morgan fingerprint density at radius 3 is 2.70 bits per heavy atom. The number of pyridine rings is 1. The van der Waals surface area contributed by atoms with Crippen molar-refractivity contribution in [3.8, 4) is 5.75 Å². The van der Waals surface area contributed by atoms with Crippen LogP contribution in [-0.4, -0.2) is 15.9 Å². The minimum Gasteiger partial charge on any atom is -0.420 e. The zero-order valence-corrected chi connectivity index (χ0v) is 12.4. The first-order valence-electron chi connectivity index (χ1n) is 6.57. The number of aromatic nitrogens is 1. The third-order valence-electron chi connectivity index (χ3n) is 3.20. The van der Waals surface area contributed by atoms with Crippen LogP contribution in [0.3, 0.4) is 0 Å². The number of para-hydroxylation sites is 1. The fourth-order valence-electron chi connectivity index (χ4n) is 2.15. The summed E-state index contributed by atoms with van der Waals surface area (Å²) in [4.78, 5) is 26.8. The highest BCUT2D eigenvalue weighted by Gasteiger charge is 2.22. The van der Waals surface area contributed by atoms with E-state index in [4.69, 9.17) is 16.3 Å². The lowest BCUT2D eigenvalue weighted by Crippen LogP contribution is -2.11. The van der Waals surface area contributed by atoms with Crippen molar-refractivity contribution < 1.29 is 14.5 Å². The SMILES string of the molecule is O=C(Oc1ccc(Cl)c2cccnc12)c1ccccc1[N+](=O)[O-]. The normalized spacial score (nSPS) is 10.5. The summed E-state index contributed by atoms with van der Waals surface area (Å²) >= 11 is 6.08. The molecule has 0 fully saturated rings. The Bertz CT molecular complexity index is 927. The first-order valence-corrected chi connectivity index (χ1v) is 6.94. The summed E-state index contributed by atoms with van der Waals surface area (Å²) in [5.41, 5.74) is -0.0350. The molecule has 0 unspecified atom stereocenters. The van der Waals surface area contributed by atoms with E-state index in [0.717, 1.165) is 0 Å². The maximum atomic E-state index is 12.3. The molecule has 0 bridgehead atoms. The van der Waals surface area contributed by atoms with Crippen LogP contribution in [0.1, 0.15) is 10.4 Å². The van der Waals surface area contributed by atoms with Crippen molar-refractivity contribution in [2.45, 2.75) is 0 Å². The number of carbonyl (C=O) groups is 1. The number of halogens is 1. The van der Waals surface area contributed by atoms with Gasteiger partial charge in [0.2, 0.25) is 0 Å². The molecular formula is C16H9ClN2O4. The van der Waals surface area contributed by atoms with Gasteiger partial charge in [-0.15, -0.1) is 0 Å². The molecule has 6 nitrogen and oxygen atoms in total. The van der Waals surface area contributed by atoms with E-state index in [-0.39, 0.29) is 17.0 Å². The van der Waals surface area contributed by atoms with Crippen LogP contribution in [0.5, 0.6) is 5.75 Å². The van der Waals surface area contributed by atoms with Gasteiger partial charge in [0.05, 0.1) is 9.95 Å². The maximum absolute atomic E-state index is 12.3. The Labute approximate surface area is 135 Å². The summed E-state index contributed by atoms with van der Waals surface area (Å²) in [6.45, 7) is 0. The van der Waals surface area contributed by atoms with Crippen molar-refractivity contribution in [1.82, 2.24) is 4.98 Å². The van der Waals surface area contributed by atoms with E-state index < -0.39 is 10.9 Å². The summed E-state index contributed by atoms with van der Waals surface area (Å²) in [6.07, 6.45) is 1.54. The number of esters is 1. The smallest absolute Gasteiger partial charge is 0.350 e. The summed E-state index contributed by atoms with van der Waals surface area (Å²) in [6, 6.07) is 12.1. The topological polar surface area (TPSA) is 82.3 Å². The quantitative estimate of drug-likeness (QED) is 0.314. The third kappa shape index (κ3) is 2.84. The molecule has 0 aliphatic carbocycles. The average molecular weight is 329 g/mol. The Morgan fingerprint density at radius 2 is 1.91 bits per heavy atom. The van der Waals surface area contributed by atoms with Crippen LogP contribution in [-0.2, 0) is 0 Å². The fraction of sp³-hybridized carbons (Fsp3) is 0. The molecular weight excluding hydrogens is 320 g/mol. The molecule has 0 aliphatic heterocycles. The van der Waals surface area contributed by atoms with Crippen molar-refractivity contribution in [2.75, 3.05) is 0 Å². The Morgan fingerprint density at radius 1 is 1.13 bits per heavy atom. The van der Waals surface area contributed by atoms with Gasteiger partial charge in [0.1, 0.15) is 11.1 Å². The molecule has 0 amide bonds. The van der Waals surface area contributed by atoms with Gasteiger partial charge in [-0.1, -0.05) is 23.7 Å². The van der Waals surface area contributed by atoms with E-state index in [1.165, 1.54) is 30.3 Å². The molecule has 2 aromatic carbocycles.